The molecule has 3 rings (SSSR count). The predicted octanol–water partition coefficient (Wildman–Crippen LogP) is 1.17. The fraction of sp³-hybridized carbons (Fsp3) is 0.238. The molecule has 0 radical (unpaired) electrons. The summed E-state index contributed by atoms with van der Waals surface area (Å²) >= 11 is 0. The number of H-pyrrole nitrogens is 1. The average molecular weight is 438 g/mol. The van der Waals surface area contributed by atoms with Crippen LogP contribution in [0.25, 0.3) is 6.08 Å². The van der Waals surface area contributed by atoms with Crippen molar-refractivity contribution in [2.45, 2.75) is 20.4 Å². The lowest BCUT2D eigenvalue weighted by atomic mass is 10.0. The van der Waals surface area contributed by atoms with Gasteiger partial charge in [0.15, 0.2) is 5.70 Å². The molecule has 2 aromatic rings. The number of aromatic amines is 1. The first-order valence-electron chi connectivity index (χ1n) is 9.52. The monoisotopic (exact) mass is 438 g/mol. The molecule has 0 atom stereocenters. The van der Waals surface area contributed by atoms with Gasteiger partial charge in [-0.25, -0.2) is 9.59 Å². The number of nitrogens with one attached hydrogen (secondary N) is 1. The van der Waals surface area contributed by atoms with Crippen molar-refractivity contribution in [2.24, 2.45) is 5.10 Å². The van der Waals surface area contributed by atoms with Gasteiger partial charge >= 0.3 is 11.9 Å². The van der Waals surface area contributed by atoms with E-state index in [9.17, 15) is 19.5 Å². The van der Waals surface area contributed by atoms with Crippen molar-refractivity contribution in [1.82, 2.24) is 24.9 Å². The number of carbonyl (C=O) groups excluding carboxylic acids is 1. The van der Waals surface area contributed by atoms with Gasteiger partial charge < -0.3 is 20.1 Å². The van der Waals surface area contributed by atoms with Crippen LogP contribution in [0.4, 0.5) is 0 Å². The molecule has 1 amide bonds. The van der Waals surface area contributed by atoms with Gasteiger partial charge in [0.25, 0.3) is 5.91 Å². The summed E-state index contributed by atoms with van der Waals surface area (Å²) in [5.74, 6) is -3.92. The standard InChI is InChI=1S/C21H22N6O5/c1-11-14(10-26(3)4)12(2)24-15(11)7-13-19(16-9-22-5-6-23-16)25-27(20(13)30)17(21(31)32)8-18(28)29/h5-9,24H,10H2,1-4H3,(H,28,29)(H,31,32)/b13-7?,17-8+. The second-order valence-corrected chi connectivity index (χ2v) is 7.39. The Morgan fingerprint density at radius 2 is 1.94 bits per heavy atom. The van der Waals surface area contributed by atoms with Crippen LogP contribution in [0.5, 0.6) is 0 Å². The smallest absolute Gasteiger partial charge is 0.354 e. The lowest BCUT2D eigenvalue weighted by Crippen LogP contribution is -2.27. The molecule has 0 saturated heterocycles. The van der Waals surface area contributed by atoms with E-state index in [4.69, 9.17) is 5.11 Å². The molecule has 32 heavy (non-hydrogen) atoms. The number of aromatic nitrogens is 3. The first-order chi connectivity index (χ1) is 15.1. The molecule has 11 nitrogen and oxygen atoms in total. The molecule has 0 aliphatic carbocycles. The topological polar surface area (TPSA) is 152 Å². The van der Waals surface area contributed by atoms with Crippen LogP contribution in [-0.2, 0) is 20.9 Å². The highest BCUT2D eigenvalue weighted by atomic mass is 16.4. The van der Waals surface area contributed by atoms with Crippen LogP contribution in [0.2, 0.25) is 0 Å². The van der Waals surface area contributed by atoms with Crippen molar-refractivity contribution in [3.05, 3.63) is 64.1 Å². The van der Waals surface area contributed by atoms with Gasteiger partial charge in [-0.15, -0.1) is 0 Å². The second-order valence-electron chi connectivity index (χ2n) is 7.39. The number of aliphatic carboxylic acids is 2. The minimum Gasteiger partial charge on any atom is -0.478 e. The molecule has 166 valence electrons. The first-order valence-corrected chi connectivity index (χ1v) is 9.52. The first kappa shape index (κ1) is 22.6. The summed E-state index contributed by atoms with van der Waals surface area (Å²) in [5.41, 5.74) is 3.17. The maximum Gasteiger partial charge on any atom is 0.354 e. The molecule has 0 unspecified atom stereocenters. The lowest BCUT2D eigenvalue weighted by Gasteiger charge is -2.11. The van der Waals surface area contributed by atoms with Crippen molar-refractivity contribution in [3.63, 3.8) is 0 Å². The van der Waals surface area contributed by atoms with Gasteiger partial charge in [-0.05, 0) is 45.1 Å². The van der Waals surface area contributed by atoms with Gasteiger partial charge in [-0.1, -0.05) is 0 Å². The summed E-state index contributed by atoms with van der Waals surface area (Å²) in [6.45, 7) is 4.53. The Morgan fingerprint density at radius 3 is 2.50 bits per heavy atom. The number of carbonyl (C=O) groups is 3. The molecule has 3 heterocycles. The van der Waals surface area contributed by atoms with Crippen LogP contribution < -0.4 is 0 Å². The molecule has 1 aliphatic rings. The zero-order valence-electron chi connectivity index (χ0n) is 17.9. The van der Waals surface area contributed by atoms with Gasteiger partial charge in [0.05, 0.1) is 17.8 Å². The maximum absolute atomic E-state index is 13.2. The molecule has 0 bridgehead atoms. The molecule has 0 saturated carbocycles. The highest BCUT2D eigenvalue weighted by Gasteiger charge is 2.37. The van der Waals surface area contributed by atoms with Crippen LogP contribution in [0.3, 0.4) is 0 Å². The Kier molecular flexibility index (Phi) is 6.30. The van der Waals surface area contributed by atoms with Gasteiger partial charge in [0, 0.05) is 30.3 Å². The van der Waals surface area contributed by atoms with Crippen molar-refractivity contribution in [1.29, 1.82) is 0 Å². The zero-order valence-corrected chi connectivity index (χ0v) is 17.9. The normalized spacial score (nSPS) is 15.6. The number of nitrogens with zero attached hydrogens (tertiary/aromatic N) is 5. The highest BCUT2D eigenvalue weighted by molar-refractivity contribution is 6.33. The molecule has 11 heteroatoms. The summed E-state index contributed by atoms with van der Waals surface area (Å²) in [6, 6.07) is 0. The van der Waals surface area contributed by atoms with Crippen LogP contribution in [0, 0.1) is 13.8 Å². The Hall–Kier alpha value is -4.12. The summed E-state index contributed by atoms with van der Waals surface area (Å²) < 4.78 is 0. The minimum absolute atomic E-state index is 0.0591. The average Bonchev–Trinajstić information content (AvgIpc) is 3.18. The van der Waals surface area contributed by atoms with Crippen molar-refractivity contribution >= 4 is 29.6 Å². The third kappa shape index (κ3) is 4.47. The predicted molar refractivity (Wildman–Crippen MR) is 114 cm³/mol. The van der Waals surface area contributed by atoms with Crippen LogP contribution in [0.1, 0.15) is 28.2 Å². The zero-order chi connectivity index (χ0) is 23.6. The van der Waals surface area contributed by atoms with Crippen molar-refractivity contribution in [3.8, 4) is 0 Å². The van der Waals surface area contributed by atoms with Crippen molar-refractivity contribution < 1.29 is 24.6 Å². The molecule has 0 spiro atoms. The summed E-state index contributed by atoms with van der Waals surface area (Å²) in [4.78, 5) is 49.3. The molecular formula is C21H22N6O5. The number of aryl methyl sites for hydroxylation is 1. The number of hydrazone groups is 1. The Labute approximate surface area is 183 Å². The van der Waals surface area contributed by atoms with Crippen molar-refractivity contribution in [2.75, 3.05) is 14.1 Å². The van der Waals surface area contributed by atoms with Gasteiger partial charge in [-0.3, -0.25) is 14.8 Å². The van der Waals surface area contributed by atoms with E-state index in [2.05, 4.69) is 20.1 Å². The third-order valence-corrected chi connectivity index (χ3v) is 4.79. The Bertz CT molecular complexity index is 1180. The quantitative estimate of drug-likeness (QED) is 0.545. The summed E-state index contributed by atoms with van der Waals surface area (Å²) in [7, 11) is 3.90. The fourth-order valence-corrected chi connectivity index (χ4v) is 3.31. The van der Waals surface area contributed by atoms with E-state index in [0.29, 0.717) is 23.3 Å². The molecule has 0 fully saturated rings. The summed E-state index contributed by atoms with van der Waals surface area (Å²) in [5, 5.41) is 23.1. The molecule has 1 aliphatic heterocycles. The number of rotatable bonds is 7. The van der Waals surface area contributed by atoms with Crippen LogP contribution in [-0.4, -0.2) is 72.7 Å². The summed E-state index contributed by atoms with van der Waals surface area (Å²) in [6.07, 6.45) is 6.22. The van der Waals surface area contributed by atoms with Gasteiger partial charge in [0.1, 0.15) is 11.4 Å². The van der Waals surface area contributed by atoms with Crippen LogP contribution >= 0.6 is 0 Å². The minimum atomic E-state index is -1.61. The molecule has 3 N–H and O–H groups in total. The molecule has 0 aromatic carbocycles. The SMILES string of the molecule is Cc1[nH]c(C=C2C(=O)N(/C(=C/C(=O)O)C(=O)O)N=C2c2cnccn2)c(C)c1CN(C)C. The van der Waals surface area contributed by atoms with E-state index in [0.717, 1.165) is 16.8 Å². The maximum atomic E-state index is 13.2. The van der Waals surface area contributed by atoms with Crippen LogP contribution in [0.15, 0.2) is 41.0 Å². The van der Waals surface area contributed by atoms with E-state index in [1.54, 1.807) is 6.08 Å². The highest BCUT2D eigenvalue weighted by Crippen LogP contribution is 2.27. The Morgan fingerprint density at radius 1 is 1.22 bits per heavy atom. The molecular weight excluding hydrogens is 416 g/mol. The number of hydrogen-bond donors (Lipinski definition) is 3. The Balaban J connectivity index is 2.16. The lowest BCUT2D eigenvalue weighted by molar-refractivity contribution is -0.139. The fourth-order valence-electron chi connectivity index (χ4n) is 3.31. The number of carboxylic acids is 2. The third-order valence-electron chi connectivity index (χ3n) is 4.79. The number of carboxylic acid groups (broad SMARTS) is 2. The van der Waals surface area contributed by atoms with E-state index in [-0.39, 0.29) is 17.0 Å². The largest absolute Gasteiger partial charge is 0.478 e. The van der Waals surface area contributed by atoms with Gasteiger partial charge in [0.2, 0.25) is 0 Å². The van der Waals surface area contributed by atoms with E-state index in [1.165, 1.54) is 18.6 Å². The second kappa shape index (κ2) is 8.94. The van der Waals surface area contributed by atoms with E-state index >= 15 is 0 Å². The van der Waals surface area contributed by atoms with E-state index < -0.39 is 23.5 Å². The van der Waals surface area contributed by atoms with Gasteiger partial charge in [-0.2, -0.15) is 10.1 Å². The number of amides is 1. The molecule has 2 aromatic heterocycles. The van der Waals surface area contributed by atoms with E-state index in [1.807, 2.05) is 32.8 Å². The number of hydrogen-bond acceptors (Lipinski definition) is 7.